The maximum atomic E-state index is 13.7. The van der Waals surface area contributed by atoms with Gasteiger partial charge in [-0.05, 0) is 61.5 Å². The Morgan fingerprint density at radius 1 is 1.12 bits per heavy atom. The van der Waals surface area contributed by atoms with Gasteiger partial charge in [0.25, 0.3) is 11.8 Å². The zero-order valence-electron chi connectivity index (χ0n) is 23.5. The van der Waals surface area contributed by atoms with E-state index in [1.54, 1.807) is 80.6 Å². The fourth-order valence-electron chi connectivity index (χ4n) is 4.47. The van der Waals surface area contributed by atoms with Crippen LogP contribution >= 0.6 is 0 Å². The molecule has 1 aliphatic rings. The van der Waals surface area contributed by atoms with Gasteiger partial charge in [-0.1, -0.05) is 6.92 Å². The van der Waals surface area contributed by atoms with E-state index in [-0.39, 0.29) is 42.5 Å². The summed E-state index contributed by atoms with van der Waals surface area (Å²) in [5, 5.41) is 15.6. The summed E-state index contributed by atoms with van der Waals surface area (Å²) in [6.45, 7) is 4.02. The van der Waals surface area contributed by atoms with Crippen LogP contribution in [-0.4, -0.2) is 83.7 Å². The number of hydrogen-bond acceptors (Lipinski definition) is 7. The Balaban J connectivity index is 1.56. The number of pyridine rings is 1. The number of methoxy groups -OCH3 is 1. The van der Waals surface area contributed by atoms with Gasteiger partial charge in [0.05, 0.1) is 31.9 Å². The third kappa shape index (κ3) is 7.12. The molecule has 1 aliphatic heterocycles. The molecule has 0 unspecified atom stereocenters. The molecule has 216 valence electrons. The molecule has 4 rings (SSSR count). The molecule has 0 radical (unpaired) electrons. The third-order valence-electron chi connectivity index (χ3n) is 7.01. The standard InChI is InChI=1S/C30H35N5O6/c1-19-16-35(20(2)18-36)29(38)25-15-23(32-28(37)21-11-13-31-14-12-21)7-10-26(25)41-27(19)17-34(3)30(39)33-22-5-8-24(40-4)9-6-22/h5-15,19-20,27,36H,16-18H2,1-4H3,(H,32,37)(H,33,39)/t19-,20-,27-/m0/s1. The number of urea groups is 1. The minimum absolute atomic E-state index is 0.177. The van der Waals surface area contributed by atoms with Gasteiger partial charge >= 0.3 is 6.03 Å². The molecular formula is C30H35N5O6. The average Bonchev–Trinajstić information content (AvgIpc) is 2.99. The highest BCUT2D eigenvalue weighted by atomic mass is 16.5. The number of fused-ring (bicyclic) bond motifs is 1. The van der Waals surface area contributed by atoms with Crippen LogP contribution in [0.4, 0.5) is 16.2 Å². The topological polar surface area (TPSA) is 133 Å². The fourth-order valence-corrected chi connectivity index (χ4v) is 4.47. The van der Waals surface area contributed by atoms with E-state index in [0.29, 0.717) is 35.0 Å². The molecule has 0 aliphatic carbocycles. The molecule has 0 saturated heterocycles. The van der Waals surface area contributed by atoms with E-state index in [9.17, 15) is 19.5 Å². The Morgan fingerprint density at radius 2 is 1.80 bits per heavy atom. The van der Waals surface area contributed by atoms with E-state index >= 15 is 0 Å². The van der Waals surface area contributed by atoms with Crippen LogP contribution in [0.2, 0.25) is 0 Å². The number of amides is 4. The number of aliphatic hydroxyl groups is 1. The van der Waals surface area contributed by atoms with Gasteiger partial charge in [-0.3, -0.25) is 14.6 Å². The van der Waals surface area contributed by atoms with Crippen molar-refractivity contribution in [2.45, 2.75) is 26.0 Å². The summed E-state index contributed by atoms with van der Waals surface area (Å²) in [5.74, 6) is 0.166. The van der Waals surface area contributed by atoms with E-state index in [4.69, 9.17) is 9.47 Å². The van der Waals surface area contributed by atoms with E-state index in [1.165, 1.54) is 17.3 Å². The van der Waals surface area contributed by atoms with Crippen LogP contribution in [0.25, 0.3) is 0 Å². The molecule has 1 aromatic heterocycles. The van der Waals surface area contributed by atoms with Gasteiger partial charge < -0.3 is 35.0 Å². The Kier molecular flexibility index (Phi) is 9.41. The van der Waals surface area contributed by atoms with Gasteiger partial charge in [-0.15, -0.1) is 0 Å². The fraction of sp³-hybridized carbons (Fsp3) is 0.333. The first kappa shape index (κ1) is 29.3. The van der Waals surface area contributed by atoms with Crippen molar-refractivity contribution >= 4 is 29.2 Å². The number of carbonyl (C=O) groups is 3. The number of ether oxygens (including phenoxy) is 2. The van der Waals surface area contributed by atoms with E-state index in [2.05, 4.69) is 15.6 Å². The van der Waals surface area contributed by atoms with Crippen LogP contribution in [0, 0.1) is 5.92 Å². The molecule has 11 heteroatoms. The van der Waals surface area contributed by atoms with Gasteiger partial charge in [-0.2, -0.15) is 0 Å². The normalized spacial score (nSPS) is 17.3. The molecule has 0 saturated carbocycles. The molecule has 2 aromatic carbocycles. The van der Waals surface area contributed by atoms with Gasteiger partial charge in [0, 0.05) is 48.8 Å². The summed E-state index contributed by atoms with van der Waals surface area (Å²) < 4.78 is 11.5. The summed E-state index contributed by atoms with van der Waals surface area (Å²) in [6, 6.07) is 14.3. The first-order valence-corrected chi connectivity index (χ1v) is 13.3. The first-order chi connectivity index (χ1) is 19.7. The van der Waals surface area contributed by atoms with Crippen LogP contribution in [0.3, 0.4) is 0 Å². The minimum Gasteiger partial charge on any atom is -0.497 e. The highest BCUT2D eigenvalue weighted by Crippen LogP contribution is 2.31. The van der Waals surface area contributed by atoms with Crippen molar-refractivity contribution in [2.24, 2.45) is 5.92 Å². The predicted octanol–water partition coefficient (Wildman–Crippen LogP) is 3.73. The predicted molar refractivity (Wildman–Crippen MR) is 154 cm³/mol. The maximum absolute atomic E-state index is 13.7. The van der Waals surface area contributed by atoms with Gasteiger partial charge in [-0.25, -0.2) is 4.79 Å². The number of benzene rings is 2. The second-order valence-electron chi connectivity index (χ2n) is 10.1. The lowest BCUT2D eigenvalue weighted by Crippen LogP contribution is -2.50. The van der Waals surface area contributed by atoms with Crippen molar-refractivity contribution in [3.05, 3.63) is 78.1 Å². The van der Waals surface area contributed by atoms with Crippen molar-refractivity contribution < 1.29 is 29.0 Å². The summed E-state index contributed by atoms with van der Waals surface area (Å²) >= 11 is 0. The van der Waals surface area contributed by atoms with Crippen molar-refractivity contribution in [3.63, 3.8) is 0 Å². The summed E-state index contributed by atoms with van der Waals surface area (Å²) in [4.78, 5) is 46.4. The molecule has 11 nitrogen and oxygen atoms in total. The SMILES string of the molecule is COc1ccc(NC(=O)N(C)C[C@@H]2Oc3ccc(NC(=O)c4ccncc4)cc3C(=O)N([C@@H](C)CO)C[C@@H]2C)cc1. The number of nitrogens with one attached hydrogen (secondary N) is 2. The molecule has 2 heterocycles. The number of anilines is 2. The van der Waals surface area contributed by atoms with Crippen LogP contribution in [0.15, 0.2) is 67.0 Å². The molecule has 3 N–H and O–H groups in total. The molecule has 4 amide bonds. The van der Waals surface area contributed by atoms with Crippen LogP contribution < -0.4 is 20.1 Å². The number of hydrogen-bond donors (Lipinski definition) is 3. The highest BCUT2D eigenvalue weighted by Gasteiger charge is 2.34. The zero-order valence-corrected chi connectivity index (χ0v) is 23.5. The number of aliphatic hydroxyl groups excluding tert-OH is 1. The van der Waals surface area contributed by atoms with Gasteiger partial charge in [0.15, 0.2) is 0 Å². The highest BCUT2D eigenvalue weighted by molar-refractivity contribution is 6.05. The molecule has 0 fully saturated rings. The summed E-state index contributed by atoms with van der Waals surface area (Å²) in [6.07, 6.45) is 2.58. The van der Waals surface area contributed by atoms with Crippen LogP contribution in [-0.2, 0) is 0 Å². The van der Waals surface area contributed by atoms with Gasteiger partial charge in [0.1, 0.15) is 17.6 Å². The Bertz CT molecular complexity index is 1370. The quantitative estimate of drug-likeness (QED) is 0.382. The Labute approximate surface area is 239 Å². The van der Waals surface area contributed by atoms with E-state index in [0.717, 1.165) is 0 Å². The van der Waals surface area contributed by atoms with Crippen molar-refractivity contribution in [2.75, 3.05) is 44.5 Å². The number of likely N-dealkylation sites (N-methyl/N-ethyl adjacent to an activating group) is 1. The molecule has 3 atom stereocenters. The first-order valence-electron chi connectivity index (χ1n) is 13.3. The van der Waals surface area contributed by atoms with Crippen molar-refractivity contribution in [1.82, 2.24) is 14.8 Å². The summed E-state index contributed by atoms with van der Waals surface area (Å²) in [7, 11) is 3.25. The van der Waals surface area contributed by atoms with Gasteiger partial charge in [0.2, 0.25) is 0 Å². The molecule has 0 bridgehead atoms. The van der Waals surface area contributed by atoms with Crippen LogP contribution in [0.1, 0.15) is 34.6 Å². The molecular weight excluding hydrogens is 526 g/mol. The van der Waals surface area contributed by atoms with Crippen LogP contribution in [0.5, 0.6) is 11.5 Å². The van der Waals surface area contributed by atoms with Crippen molar-refractivity contribution in [1.29, 1.82) is 0 Å². The monoisotopic (exact) mass is 561 g/mol. The minimum atomic E-state index is -0.473. The molecule has 0 spiro atoms. The Hall–Kier alpha value is -4.64. The third-order valence-corrected chi connectivity index (χ3v) is 7.01. The number of nitrogens with zero attached hydrogens (tertiary/aromatic N) is 3. The van der Waals surface area contributed by atoms with E-state index in [1.807, 2.05) is 6.92 Å². The number of aromatic nitrogens is 1. The zero-order chi connectivity index (χ0) is 29.5. The smallest absolute Gasteiger partial charge is 0.321 e. The lowest BCUT2D eigenvalue weighted by Gasteiger charge is -2.38. The lowest BCUT2D eigenvalue weighted by atomic mass is 9.99. The molecule has 3 aromatic rings. The molecule has 41 heavy (non-hydrogen) atoms. The Morgan fingerprint density at radius 3 is 2.46 bits per heavy atom. The second-order valence-corrected chi connectivity index (χ2v) is 10.1. The van der Waals surface area contributed by atoms with Crippen molar-refractivity contribution in [3.8, 4) is 11.5 Å². The maximum Gasteiger partial charge on any atom is 0.321 e. The number of rotatable bonds is 8. The van der Waals surface area contributed by atoms with E-state index < -0.39 is 12.1 Å². The average molecular weight is 562 g/mol. The second kappa shape index (κ2) is 13.1. The largest absolute Gasteiger partial charge is 0.497 e. The number of carbonyl (C=O) groups excluding carboxylic acids is 3. The summed E-state index contributed by atoms with van der Waals surface area (Å²) in [5.41, 5.74) is 1.71. The lowest BCUT2D eigenvalue weighted by molar-refractivity contribution is 0.0371.